The maximum Gasteiger partial charge on any atom is 0.262 e. The van der Waals surface area contributed by atoms with E-state index in [0.717, 1.165) is 22.6 Å². The van der Waals surface area contributed by atoms with E-state index in [1.54, 1.807) is 21.1 Å². The fourth-order valence-electron chi connectivity index (χ4n) is 3.60. The largest absolute Gasteiger partial charge is 0.497 e. The van der Waals surface area contributed by atoms with Gasteiger partial charge in [-0.05, 0) is 17.7 Å². The second-order valence-corrected chi connectivity index (χ2v) is 7.31. The Morgan fingerprint density at radius 2 is 1.90 bits per heavy atom. The molecule has 0 fully saturated rings. The van der Waals surface area contributed by atoms with Gasteiger partial charge < -0.3 is 14.4 Å². The van der Waals surface area contributed by atoms with Crippen molar-refractivity contribution in [1.82, 2.24) is 9.91 Å². The first-order valence-corrected chi connectivity index (χ1v) is 10.4. The van der Waals surface area contributed by atoms with E-state index in [1.807, 2.05) is 54.6 Å². The Labute approximate surface area is 183 Å². The number of carbonyl (C=O) groups excluding carboxylic acids is 2. The Morgan fingerprint density at radius 3 is 2.58 bits per heavy atom. The van der Waals surface area contributed by atoms with E-state index in [2.05, 4.69) is 5.10 Å². The molecule has 1 aliphatic heterocycles. The van der Waals surface area contributed by atoms with Crippen molar-refractivity contribution in [3.63, 3.8) is 0 Å². The molecule has 0 radical (unpaired) electrons. The highest BCUT2D eigenvalue weighted by molar-refractivity contribution is 6.03. The van der Waals surface area contributed by atoms with Gasteiger partial charge in [0.15, 0.2) is 0 Å². The molecule has 31 heavy (non-hydrogen) atoms. The number of nitrogens with zero attached hydrogens (tertiary/aromatic N) is 3. The van der Waals surface area contributed by atoms with E-state index in [1.165, 1.54) is 9.91 Å². The monoisotopic (exact) mass is 423 g/mol. The van der Waals surface area contributed by atoms with Gasteiger partial charge in [-0.3, -0.25) is 9.59 Å². The molecule has 0 aliphatic carbocycles. The van der Waals surface area contributed by atoms with Crippen LogP contribution in [-0.2, 0) is 14.3 Å². The number of hydrazone groups is 1. The molecule has 3 rings (SSSR count). The highest BCUT2D eigenvalue weighted by Gasteiger charge is 2.34. The molecule has 7 heteroatoms. The summed E-state index contributed by atoms with van der Waals surface area (Å²) in [4.78, 5) is 27.1. The molecule has 0 saturated heterocycles. The van der Waals surface area contributed by atoms with Crippen molar-refractivity contribution in [3.8, 4) is 5.75 Å². The van der Waals surface area contributed by atoms with Crippen LogP contribution in [0.4, 0.5) is 0 Å². The average molecular weight is 424 g/mol. The molecule has 1 aliphatic rings. The number of carbonyl (C=O) groups is 2. The third-order valence-corrected chi connectivity index (χ3v) is 5.30. The number of amides is 2. The van der Waals surface area contributed by atoms with Crippen LogP contribution in [0.1, 0.15) is 36.9 Å². The molecule has 0 spiro atoms. The lowest BCUT2D eigenvalue weighted by Crippen LogP contribution is -2.42. The molecule has 1 atom stereocenters. The maximum absolute atomic E-state index is 13.3. The van der Waals surface area contributed by atoms with Crippen molar-refractivity contribution < 1.29 is 19.1 Å². The first kappa shape index (κ1) is 22.5. The molecule has 2 amide bonds. The fraction of sp³-hybridized carbons (Fsp3) is 0.375. The first-order chi connectivity index (χ1) is 15.1. The van der Waals surface area contributed by atoms with Gasteiger partial charge >= 0.3 is 0 Å². The van der Waals surface area contributed by atoms with Crippen LogP contribution in [-0.4, -0.2) is 61.4 Å². The van der Waals surface area contributed by atoms with Gasteiger partial charge in [-0.1, -0.05) is 49.4 Å². The number of hydrogen-bond donors (Lipinski definition) is 0. The Kier molecular flexibility index (Phi) is 7.78. The van der Waals surface area contributed by atoms with Crippen molar-refractivity contribution in [2.75, 3.05) is 33.9 Å². The Hall–Kier alpha value is -3.19. The number of rotatable bonds is 9. The van der Waals surface area contributed by atoms with Gasteiger partial charge in [-0.15, -0.1) is 0 Å². The molecule has 0 bridgehead atoms. The summed E-state index contributed by atoms with van der Waals surface area (Å²) in [5, 5.41) is 6.21. The molecule has 7 nitrogen and oxygen atoms in total. The number of ether oxygens (including phenoxy) is 2. The Morgan fingerprint density at radius 1 is 1.13 bits per heavy atom. The van der Waals surface area contributed by atoms with E-state index in [9.17, 15) is 9.59 Å². The van der Waals surface area contributed by atoms with Gasteiger partial charge in [0, 0.05) is 32.1 Å². The number of hydrogen-bond acceptors (Lipinski definition) is 5. The van der Waals surface area contributed by atoms with E-state index < -0.39 is 0 Å². The van der Waals surface area contributed by atoms with Crippen LogP contribution in [0.25, 0.3) is 0 Å². The smallest absolute Gasteiger partial charge is 0.262 e. The standard InChI is InChI=1S/C24H29N3O4/c1-4-23(28)26(13-14-30-2)17-24(29)27-22(18-9-6-5-7-10-18)16-21(25-27)19-11-8-12-20(15-19)31-3/h5-12,15,22H,4,13-14,16-17H2,1-3H3. The molecule has 1 heterocycles. The first-order valence-electron chi connectivity index (χ1n) is 10.4. The van der Waals surface area contributed by atoms with Gasteiger partial charge in [0.05, 0.1) is 25.5 Å². The predicted molar refractivity (Wildman–Crippen MR) is 119 cm³/mol. The second-order valence-electron chi connectivity index (χ2n) is 7.31. The van der Waals surface area contributed by atoms with Crippen molar-refractivity contribution in [1.29, 1.82) is 0 Å². The average Bonchev–Trinajstić information content (AvgIpc) is 3.27. The lowest BCUT2D eigenvalue weighted by atomic mass is 9.98. The number of methoxy groups -OCH3 is 2. The zero-order chi connectivity index (χ0) is 22.2. The topological polar surface area (TPSA) is 71.4 Å². The third-order valence-electron chi connectivity index (χ3n) is 5.30. The van der Waals surface area contributed by atoms with E-state index in [-0.39, 0.29) is 24.4 Å². The van der Waals surface area contributed by atoms with Crippen LogP contribution in [0.2, 0.25) is 0 Å². The highest BCUT2D eigenvalue weighted by Crippen LogP contribution is 2.33. The van der Waals surface area contributed by atoms with Gasteiger partial charge in [0.25, 0.3) is 5.91 Å². The molecule has 164 valence electrons. The maximum atomic E-state index is 13.3. The minimum absolute atomic E-state index is 0.0335. The Bertz CT molecular complexity index is 929. The summed E-state index contributed by atoms with van der Waals surface area (Å²) >= 11 is 0. The summed E-state index contributed by atoms with van der Waals surface area (Å²) in [5.74, 6) is 0.433. The van der Waals surface area contributed by atoms with Crippen LogP contribution in [0, 0.1) is 0 Å². The van der Waals surface area contributed by atoms with Crippen LogP contribution < -0.4 is 4.74 Å². The lowest BCUT2D eigenvalue weighted by Gasteiger charge is -2.26. The summed E-state index contributed by atoms with van der Waals surface area (Å²) in [6, 6.07) is 17.3. The fourth-order valence-corrected chi connectivity index (χ4v) is 3.60. The summed E-state index contributed by atoms with van der Waals surface area (Å²) in [5.41, 5.74) is 2.73. The molecule has 0 N–H and O–H groups in total. The zero-order valence-corrected chi connectivity index (χ0v) is 18.3. The van der Waals surface area contributed by atoms with Crippen molar-refractivity contribution >= 4 is 17.5 Å². The second kappa shape index (κ2) is 10.7. The van der Waals surface area contributed by atoms with Crippen molar-refractivity contribution in [2.45, 2.75) is 25.8 Å². The summed E-state index contributed by atoms with van der Waals surface area (Å²) < 4.78 is 10.4. The lowest BCUT2D eigenvalue weighted by molar-refractivity contribution is -0.141. The summed E-state index contributed by atoms with van der Waals surface area (Å²) in [6.45, 7) is 2.49. The molecule has 1 unspecified atom stereocenters. The molecule has 2 aromatic carbocycles. The highest BCUT2D eigenvalue weighted by atomic mass is 16.5. The van der Waals surface area contributed by atoms with E-state index >= 15 is 0 Å². The summed E-state index contributed by atoms with van der Waals surface area (Å²) in [6.07, 6.45) is 0.917. The SMILES string of the molecule is CCC(=O)N(CCOC)CC(=O)N1N=C(c2cccc(OC)c2)CC1c1ccccc1. The van der Waals surface area contributed by atoms with Gasteiger partial charge in [0.2, 0.25) is 5.91 Å². The predicted octanol–water partition coefficient (Wildman–Crippen LogP) is 3.26. The minimum Gasteiger partial charge on any atom is -0.497 e. The molecule has 2 aromatic rings. The van der Waals surface area contributed by atoms with Crippen LogP contribution in [0.3, 0.4) is 0 Å². The van der Waals surface area contributed by atoms with Gasteiger partial charge in [0.1, 0.15) is 12.3 Å². The van der Waals surface area contributed by atoms with E-state index in [4.69, 9.17) is 9.47 Å². The summed E-state index contributed by atoms with van der Waals surface area (Å²) in [7, 11) is 3.20. The quantitative estimate of drug-likeness (QED) is 0.621. The normalized spacial score (nSPS) is 15.5. The van der Waals surface area contributed by atoms with Crippen molar-refractivity contribution in [2.24, 2.45) is 5.10 Å². The Balaban J connectivity index is 1.89. The molecular formula is C24H29N3O4. The number of benzene rings is 2. The minimum atomic E-state index is -0.226. The molecule has 0 aromatic heterocycles. The van der Waals surface area contributed by atoms with Crippen LogP contribution in [0.5, 0.6) is 5.75 Å². The van der Waals surface area contributed by atoms with Crippen LogP contribution in [0.15, 0.2) is 59.7 Å². The third kappa shape index (κ3) is 5.49. The molecular weight excluding hydrogens is 394 g/mol. The zero-order valence-electron chi connectivity index (χ0n) is 18.3. The van der Waals surface area contributed by atoms with Crippen molar-refractivity contribution in [3.05, 3.63) is 65.7 Å². The van der Waals surface area contributed by atoms with Gasteiger partial charge in [-0.25, -0.2) is 5.01 Å². The van der Waals surface area contributed by atoms with Crippen LogP contribution >= 0.6 is 0 Å². The van der Waals surface area contributed by atoms with E-state index in [0.29, 0.717) is 26.0 Å². The van der Waals surface area contributed by atoms with Gasteiger partial charge in [-0.2, -0.15) is 5.10 Å². The molecule has 0 saturated carbocycles.